The molecule has 0 saturated carbocycles. The maximum atomic E-state index is 12.4. The summed E-state index contributed by atoms with van der Waals surface area (Å²) in [5.74, 6) is -0.948. The number of piperidine rings is 1. The van der Waals surface area contributed by atoms with Crippen LogP contribution in [0.1, 0.15) is 32.2 Å². The van der Waals surface area contributed by atoms with Crippen molar-refractivity contribution in [2.45, 2.75) is 18.6 Å². The first-order valence-electron chi connectivity index (χ1n) is 6.89. The van der Waals surface area contributed by atoms with Gasteiger partial charge in [0.25, 0.3) is 5.91 Å². The van der Waals surface area contributed by atoms with Gasteiger partial charge in [0.2, 0.25) is 0 Å². The summed E-state index contributed by atoms with van der Waals surface area (Å²) in [6.07, 6.45) is 1.38. The van der Waals surface area contributed by atoms with Gasteiger partial charge in [0, 0.05) is 25.9 Å². The molecule has 3 heterocycles. The predicted molar refractivity (Wildman–Crippen MR) is 75.4 cm³/mol. The van der Waals surface area contributed by atoms with Crippen molar-refractivity contribution in [1.29, 1.82) is 0 Å². The highest BCUT2D eigenvalue weighted by atomic mass is 32.1. The Balaban J connectivity index is 1.63. The van der Waals surface area contributed by atoms with Crippen molar-refractivity contribution in [1.82, 2.24) is 4.90 Å². The van der Waals surface area contributed by atoms with Crippen LogP contribution in [-0.2, 0) is 14.2 Å². The van der Waals surface area contributed by atoms with Crippen LogP contribution in [0, 0.1) is 0 Å². The Morgan fingerprint density at radius 2 is 1.81 bits per heavy atom. The molecule has 0 N–H and O–H groups in total. The van der Waals surface area contributed by atoms with Crippen LogP contribution in [0.2, 0.25) is 0 Å². The van der Waals surface area contributed by atoms with Gasteiger partial charge in [-0.15, -0.1) is 11.3 Å². The lowest BCUT2D eigenvalue weighted by atomic mass is 10.0. The van der Waals surface area contributed by atoms with Crippen LogP contribution < -0.4 is 0 Å². The van der Waals surface area contributed by atoms with E-state index >= 15 is 0 Å². The topological polar surface area (TPSA) is 65.1 Å². The molecule has 0 radical (unpaired) electrons. The summed E-state index contributed by atoms with van der Waals surface area (Å²) < 4.78 is 15.9. The zero-order valence-electron chi connectivity index (χ0n) is 11.8. The summed E-state index contributed by atoms with van der Waals surface area (Å²) in [4.78, 5) is 26.6. The molecule has 21 heavy (non-hydrogen) atoms. The molecule has 7 heteroatoms. The molecule has 114 valence electrons. The summed E-state index contributed by atoms with van der Waals surface area (Å²) in [5.41, 5.74) is 0. The van der Waals surface area contributed by atoms with Crippen molar-refractivity contribution in [3.8, 4) is 0 Å². The van der Waals surface area contributed by atoms with E-state index in [-0.39, 0.29) is 5.91 Å². The maximum Gasteiger partial charge on any atom is 0.348 e. The molecule has 0 bridgehead atoms. The van der Waals surface area contributed by atoms with Gasteiger partial charge in [-0.3, -0.25) is 4.79 Å². The lowest BCUT2D eigenvalue weighted by Gasteiger charge is -2.37. The molecule has 1 aromatic heterocycles. The van der Waals surface area contributed by atoms with Gasteiger partial charge < -0.3 is 19.1 Å². The van der Waals surface area contributed by atoms with E-state index in [1.54, 1.807) is 17.0 Å². The number of methoxy groups -OCH3 is 1. The summed E-state index contributed by atoms with van der Waals surface area (Å²) >= 11 is 1.16. The van der Waals surface area contributed by atoms with Gasteiger partial charge in [-0.05, 0) is 12.1 Å². The normalized spacial score (nSPS) is 20.7. The number of rotatable bonds is 2. The number of esters is 1. The second kappa shape index (κ2) is 5.75. The molecule has 6 nitrogen and oxygen atoms in total. The van der Waals surface area contributed by atoms with Crippen molar-refractivity contribution >= 4 is 23.2 Å². The average molecular weight is 311 g/mol. The van der Waals surface area contributed by atoms with E-state index in [0.29, 0.717) is 48.9 Å². The Kier molecular flexibility index (Phi) is 3.97. The minimum atomic E-state index is -0.483. The molecule has 1 spiro atoms. The monoisotopic (exact) mass is 311 g/mol. The second-order valence-electron chi connectivity index (χ2n) is 5.06. The van der Waals surface area contributed by atoms with Crippen molar-refractivity contribution in [2.75, 3.05) is 33.4 Å². The van der Waals surface area contributed by atoms with E-state index in [1.165, 1.54) is 7.11 Å². The predicted octanol–water partition coefficient (Wildman–Crippen LogP) is 1.51. The van der Waals surface area contributed by atoms with Crippen LogP contribution in [-0.4, -0.2) is 56.0 Å². The Labute approximate surface area is 126 Å². The van der Waals surface area contributed by atoms with Gasteiger partial charge in [-0.1, -0.05) is 0 Å². The van der Waals surface area contributed by atoms with Gasteiger partial charge in [0.05, 0.1) is 25.2 Å². The first-order valence-corrected chi connectivity index (χ1v) is 7.70. The van der Waals surface area contributed by atoms with Crippen molar-refractivity contribution in [3.05, 3.63) is 21.9 Å². The average Bonchev–Trinajstić information content (AvgIpc) is 3.16. The van der Waals surface area contributed by atoms with E-state index in [0.717, 1.165) is 11.3 Å². The smallest absolute Gasteiger partial charge is 0.348 e. The van der Waals surface area contributed by atoms with Crippen LogP contribution in [0.25, 0.3) is 0 Å². The number of hydrogen-bond acceptors (Lipinski definition) is 6. The SMILES string of the molecule is COC(=O)c1ccc(C(=O)N2CCC3(CC2)OCCO3)s1. The second-order valence-corrected chi connectivity index (χ2v) is 6.14. The number of carbonyl (C=O) groups excluding carboxylic acids is 2. The molecular weight excluding hydrogens is 294 g/mol. The maximum absolute atomic E-state index is 12.4. The zero-order chi connectivity index (χ0) is 14.9. The van der Waals surface area contributed by atoms with Gasteiger partial charge in [-0.2, -0.15) is 0 Å². The van der Waals surface area contributed by atoms with E-state index in [2.05, 4.69) is 4.74 Å². The highest BCUT2D eigenvalue weighted by Gasteiger charge is 2.41. The largest absolute Gasteiger partial charge is 0.465 e. The van der Waals surface area contributed by atoms with Crippen molar-refractivity contribution in [3.63, 3.8) is 0 Å². The summed E-state index contributed by atoms with van der Waals surface area (Å²) in [5, 5.41) is 0. The van der Waals surface area contributed by atoms with Crippen LogP contribution in [0.3, 0.4) is 0 Å². The highest BCUT2D eigenvalue weighted by molar-refractivity contribution is 7.15. The number of carbonyl (C=O) groups is 2. The Hall–Kier alpha value is -1.44. The van der Waals surface area contributed by atoms with Crippen LogP contribution in [0.5, 0.6) is 0 Å². The molecule has 2 aliphatic heterocycles. The Morgan fingerprint density at radius 1 is 1.19 bits per heavy atom. The van der Waals surface area contributed by atoms with Crippen LogP contribution in [0.4, 0.5) is 0 Å². The van der Waals surface area contributed by atoms with Gasteiger partial charge in [0.1, 0.15) is 4.88 Å². The van der Waals surface area contributed by atoms with E-state index in [9.17, 15) is 9.59 Å². The third-order valence-electron chi connectivity index (χ3n) is 3.83. The number of amides is 1. The highest BCUT2D eigenvalue weighted by Crippen LogP contribution is 2.32. The first-order chi connectivity index (χ1) is 10.1. The summed E-state index contributed by atoms with van der Waals surface area (Å²) in [7, 11) is 1.33. The Bertz CT molecular complexity index is 539. The molecule has 2 saturated heterocycles. The quantitative estimate of drug-likeness (QED) is 0.775. The van der Waals surface area contributed by atoms with Gasteiger partial charge in [0.15, 0.2) is 5.79 Å². The lowest BCUT2D eigenvalue weighted by molar-refractivity contribution is -0.181. The summed E-state index contributed by atoms with van der Waals surface area (Å²) in [6, 6.07) is 3.30. The molecule has 2 fully saturated rings. The zero-order valence-corrected chi connectivity index (χ0v) is 12.6. The lowest BCUT2D eigenvalue weighted by Crippen LogP contribution is -2.47. The fraction of sp³-hybridized carbons (Fsp3) is 0.571. The Morgan fingerprint density at radius 3 is 2.43 bits per heavy atom. The van der Waals surface area contributed by atoms with E-state index < -0.39 is 11.8 Å². The standard InChI is InChI=1S/C14H17NO5S/c1-18-13(17)11-3-2-10(21-11)12(16)15-6-4-14(5-7-15)19-8-9-20-14/h2-3H,4-9H2,1H3. The minimum absolute atomic E-state index is 0.0528. The van der Waals surface area contributed by atoms with E-state index in [1.807, 2.05) is 0 Å². The van der Waals surface area contributed by atoms with Crippen LogP contribution in [0.15, 0.2) is 12.1 Å². The third-order valence-corrected chi connectivity index (χ3v) is 4.88. The third kappa shape index (κ3) is 2.81. The number of thiophene rings is 1. The summed E-state index contributed by atoms with van der Waals surface area (Å²) in [6.45, 7) is 2.46. The first kappa shape index (κ1) is 14.5. The fourth-order valence-corrected chi connectivity index (χ4v) is 3.55. The molecule has 2 aliphatic rings. The number of hydrogen-bond donors (Lipinski definition) is 0. The number of likely N-dealkylation sites (tertiary alicyclic amines) is 1. The molecule has 0 atom stereocenters. The van der Waals surface area contributed by atoms with Gasteiger partial charge >= 0.3 is 5.97 Å². The van der Waals surface area contributed by atoms with Gasteiger partial charge in [-0.25, -0.2) is 4.79 Å². The molecule has 0 aromatic carbocycles. The van der Waals surface area contributed by atoms with E-state index in [4.69, 9.17) is 9.47 Å². The number of nitrogens with zero attached hydrogens (tertiary/aromatic N) is 1. The van der Waals surface area contributed by atoms with Crippen molar-refractivity contribution in [2.24, 2.45) is 0 Å². The minimum Gasteiger partial charge on any atom is -0.465 e. The van der Waals surface area contributed by atoms with Crippen molar-refractivity contribution < 1.29 is 23.8 Å². The fourth-order valence-electron chi connectivity index (χ4n) is 2.66. The molecular formula is C14H17NO5S. The molecule has 3 rings (SSSR count). The molecule has 0 unspecified atom stereocenters. The molecule has 1 amide bonds. The molecule has 1 aromatic rings. The number of ether oxygens (including phenoxy) is 3. The molecule has 0 aliphatic carbocycles. The van der Waals surface area contributed by atoms with Crippen LogP contribution >= 0.6 is 11.3 Å².